The fourth-order valence-corrected chi connectivity index (χ4v) is 3.99. The summed E-state index contributed by atoms with van der Waals surface area (Å²) >= 11 is 0. The summed E-state index contributed by atoms with van der Waals surface area (Å²) in [6.07, 6.45) is 7.66. The first-order chi connectivity index (χ1) is 16.5. The Balaban J connectivity index is 1.70. The summed E-state index contributed by atoms with van der Waals surface area (Å²) < 4.78 is 20.8. The summed E-state index contributed by atoms with van der Waals surface area (Å²) in [6.45, 7) is 4.86. The molecule has 1 N–H and O–H groups in total. The highest BCUT2D eigenvalue weighted by Gasteiger charge is 2.43. The minimum atomic E-state index is -0.845. The van der Waals surface area contributed by atoms with Gasteiger partial charge in [-0.3, -0.25) is 14.6 Å². The zero-order valence-corrected chi connectivity index (χ0v) is 18.4. The lowest BCUT2D eigenvalue weighted by Crippen LogP contribution is -2.36. The number of carbonyl (C=O) groups is 2. The number of Topliss-reactive ketones (excluding diaryl/α,β-unsaturated/α-hetero) is 1. The van der Waals surface area contributed by atoms with Gasteiger partial charge in [0.25, 0.3) is 5.91 Å². The number of imidazole rings is 1. The van der Waals surface area contributed by atoms with Crippen LogP contribution in [-0.4, -0.2) is 34.7 Å². The highest BCUT2D eigenvalue weighted by Crippen LogP contribution is 2.39. The van der Waals surface area contributed by atoms with E-state index < -0.39 is 29.3 Å². The Morgan fingerprint density at radius 2 is 1.91 bits per heavy atom. The number of benzene rings is 2. The number of ether oxygens (including phenoxy) is 1. The predicted molar refractivity (Wildman–Crippen MR) is 121 cm³/mol. The zero-order valence-electron chi connectivity index (χ0n) is 18.4. The fraction of sp³-hybridized carbons (Fsp3) is 0.192. The Kier molecular flexibility index (Phi) is 6.87. The average molecular weight is 461 g/mol. The van der Waals surface area contributed by atoms with Gasteiger partial charge >= 0.3 is 0 Å². The molecule has 2 aromatic carbocycles. The second-order valence-electron chi connectivity index (χ2n) is 7.85. The summed E-state index contributed by atoms with van der Waals surface area (Å²) in [4.78, 5) is 30.4. The van der Waals surface area contributed by atoms with Gasteiger partial charge in [0.1, 0.15) is 30.6 Å². The molecule has 1 aliphatic heterocycles. The number of likely N-dealkylation sites (tertiary alicyclic amines) is 1. The molecule has 1 aliphatic rings. The van der Waals surface area contributed by atoms with Gasteiger partial charge in [-0.1, -0.05) is 42.7 Å². The van der Waals surface area contributed by atoms with Crippen LogP contribution in [0.2, 0.25) is 0 Å². The van der Waals surface area contributed by atoms with Crippen molar-refractivity contribution in [2.75, 3.05) is 13.2 Å². The van der Waals surface area contributed by atoms with Crippen molar-refractivity contribution in [2.45, 2.75) is 19.0 Å². The fourth-order valence-electron chi connectivity index (χ4n) is 3.99. The van der Waals surface area contributed by atoms with Crippen molar-refractivity contribution in [1.29, 1.82) is 0 Å². The van der Waals surface area contributed by atoms with Crippen LogP contribution in [0.15, 0.2) is 85.5 Å². The van der Waals surface area contributed by atoms with Gasteiger partial charge in [-0.15, -0.1) is 0 Å². The topological polar surface area (TPSA) is 89.3 Å². The minimum absolute atomic E-state index is 0.134. The molecule has 8 heteroatoms. The molecular formula is C26H24FN3O4. The lowest BCUT2D eigenvalue weighted by molar-refractivity contribution is -0.695. The number of hydrogen-bond donors (Lipinski definition) is 1. The van der Waals surface area contributed by atoms with Crippen molar-refractivity contribution in [2.24, 2.45) is 0 Å². The van der Waals surface area contributed by atoms with E-state index in [4.69, 9.17) is 4.74 Å². The molecule has 1 saturated heterocycles. The van der Waals surface area contributed by atoms with Gasteiger partial charge in [0, 0.05) is 18.5 Å². The summed E-state index contributed by atoms with van der Waals surface area (Å²) in [5.74, 6) is -2.04. The smallest absolute Gasteiger partial charge is 0.295 e. The van der Waals surface area contributed by atoms with Crippen molar-refractivity contribution in [3.05, 3.63) is 102 Å². The maximum absolute atomic E-state index is 13.4. The monoisotopic (exact) mass is 461 g/mol. The average Bonchev–Trinajstić information content (AvgIpc) is 3.45. The van der Waals surface area contributed by atoms with Crippen molar-refractivity contribution in [1.82, 2.24) is 9.88 Å². The zero-order chi connectivity index (χ0) is 24.1. The number of hydrogen-bond acceptors (Lipinski definition) is 4. The van der Waals surface area contributed by atoms with E-state index in [1.807, 2.05) is 10.8 Å². The number of ketones is 1. The van der Waals surface area contributed by atoms with E-state index in [0.717, 1.165) is 12.1 Å². The van der Waals surface area contributed by atoms with Gasteiger partial charge < -0.3 is 14.7 Å². The molecule has 7 nitrogen and oxygen atoms in total. The third kappa shape index (κ3) is 4.76. The molecule has 1 fully saturated rings. The number of nitrogens with one attached hydrogen (secondary N) is 1. The van der Waals surface area contributed by atoms with Crippen LogP contribution < -0.4 is 14.4 Å². The summed E-state index contributed by atoms with van der Waals surface area (Å²) in [5.41, 5.74) is 0.633. The number of aromatic nitrogens is 2. The van der Waals surface area contributed by atoms with Gasteiger partial charge in [0.05, 0.1) is 12.6 Å². The highest BCUT2D eigenvalue weighted by molar-refractivity contribution is 6.46. The van der Waals surface area contributed by atoms with Crippen molar-refractivity contribution in [3.63, 3.8) is 0 Å². The molecule has 0 saturated carbocycles. The molecule has 1 amide bonds. The van der Waals surface area contributed by atoms with Crippen LogP contribution in [0.3, 0.4) is 0 Å². The van der Waals surface area contributed by atoms with Crippen LogP contribution >= 0.6 is 0 Å². The third-order valence-corrected chi connectivity index (χ3v) is 5.62. The van der Waals surface area contributed by atoms with Gasteiger partial charge in [0.15, 0.2) is 0 Å². The summed E-state index contributed by atoms with van der Waals surface area (Å²) in [5, 5.41) is 13.3. The van der Waals surface area contributed by atoms with Crippen LogP contribution in [0.1, 0.15) is 23.6 Å². The van der Waals surface area contributed by atoms with E-state index in [-0.39, 0.29) is 17.7 Å². The van der Waals surface area contributed by atoms with Crippen LogP contribution in [0.5, 0.6) is 5.75 Å². The third-order valence-electron chi connectivity index (χ3n) is 5.62. The molecule has 4 rings (SSSR count). The molecule has 1 atom stereocenters. The van der Waals surface area contributed by atoms with Crippen molar-refractivity contribution >= 4 is 17.4 Å². The summed E-state index contributed by atoms with van der Waals surface area (Å²) in [7, 11) is 0. The van der Waals surface area contributed by atoms with Gasteiger partial charge in [-0.2, -0.15) is 0 Å². The van der Waals surface area contributed by atoms with Crippen LogP contribution in [0, 0.1) is 5.82 Å². The molecule has 3 aromatic rings. The number of amides is 1. The molecule has 1 aromatic heterocycles. The number of nitrogens with zero attached hydrogens (tertiary/aromatic N) is 2. The van der Waals surface area contributed by atoms with Gasteiger partial charge in [-0.05, 0) is 35.4 Å². The quantitative estimate of drug-likeness (QED) is 0.174. The van der Waals surface area contributed by atoms with E-state index in [2.05, 4.69) is 11.6 Å². The Labute approximate surface area is 196 Å². The van der Waals surface area contributed by atoms with Gasteiger partial charge in [0.2, 0.25) is 12.1 Å². The maximum Gasteiger partial charge on any atom is 0.295 e. The lowest BCUT2D eigenvalue weighted by Gasteiger charge is -2.27. The number of halogens is 1. The minimum Gasteiger partial charge on any atom is -0.872 e. The molecule has 0 spiro atoms. The SMILES string of the molecule is C=CCOc1ccc(C2C(=C([O-])c3ccc(F)cc3)C(=O)C(=O)N2CCC[n+]2cc[nH]c2)cc1. The van der Waals surface area contributed by atoms with Crippen LogP contribution in [0.25, 0.3) is 5.76 Å². The maximum atomic E-state index is 13.4. The Morgan fingerprint density at radius 3 is 2.56 bits per heavy atom. The first-order valence-corrected chi connectivity index (χ1v) is 10.9. The number of aromatic amines is 1. The standard InChI is InChI=1S/C26H24FN3O4/c1-2-16-34-21-10-6-18(7-11-21)23-22(24(31)19-4-8-20(27)9-5-19)25(32)26(33)30(23)14-3-13-29-15-12-28-17-29/h2,4-12,15,17,23H,1,3,13-14,16H2,(H,31,32). The molecule has 0 aliphatic carbocycles. The largest absolute Gasteiger partial charge is 0.872 e. The molecule has 34 heavy (non-hydrogen) atoms. The van der Waals surface area contributed by atoms with Crippen LogP contribution in [0.4, 0.5) is 4.39 Å². The lowest BCUT2D eigenvalue weighted by atomic mass is 9.95. The first kappa shape index (κ1) is 23.0. The Hall–Kier alpha value is -4.20. The predicted octanol–water partition coefficient (Wildman–Crippen LogP) is 2.32. The van der Waals surface area contributed by atoms with E-state index in [1.54, 1.807) is 42.9 Å². The summed E-state index contributed by atoms with van der Waals surface area (Å²) in [6, 6.07) is 11.0. The molecule has 2 heterocycles. The molecule has 1 unspecified atom stereocenters. The second-order valence-corrected chi connectivity index (χ2v) is 7.85. The van der Waals surface area contributed by atoms with Crippen molar-refractivity contribution in [3.8, 4) is 5.75 Å². The van der Waals surface area contributed by atoms with Gasteiger partial charge in [-0.25, -0.2) is 8.96 Å². The Morgan fingerprint density at radius 1 is 1.18 bits per heavy atom. The van der Waals surface area contributed by atoms with E-state index in [0.29, 0.717) is 30.9 Å². The van der Waals surface area contributed by atoms with Crippen LogP contribution in [-0.2, 0) is 16.1 Å². The number of H-pyrrole nitrogens is 1. The number of carbonyl (C=O) groups excluding carboxylic acids is 2. The van der Waals surface area contributed by atoms with Crippen molar-refractivity contribution < 1.29 is 28.4 Å². The second kappa shape index (κ2) is 10.2. The molecule has 0 radical (unpaired) electrons. The molecule has 174 valence electrons. The molecule has 0 bridgehead atoms. The highest BCUT2D eigenvalue weighted by atomic mass is 19.1. The number of aryl methyl sites for hydroxylation is 1. The normalized spacial score (nSPS) is 17.2. The van der Waals surface area contributed by atoms with E-state index in [1.165, 1.54) is 17.0 Å². The number of rotatable bonds is 9. The molecular weight excluding hydrogens is 437 g/mol. The first-order valence-electron chi connectivity index (χ1n) is 10.9. The van der Waals surface area contributed by atoms with E-state index in [9.17, 15) is 19.1 Å². The van der Waals surface area contributed by atoms with E-state index >= 15 is 0 Å². The Bertz CT molecular complexity index is 1200.